The summed E-state index contributed by atoms with van der Waals surface area (Å²) < 4.78 is 34.4. The van der Waals surface area contributed by atoms with E-state index >= 15 is 0 Å². The van der Waals surface area contributed by atoms with Gasteiger partial charge in [-0.2, -0.15) is 0 Å². The van der Waals surface area contributed by atoms with Crippen molar-refractivity contribution < 1.29 is 89.4 Å². The van der Waals surface area contributed by atoms with Crippen LogP contribution in [0.25, 0.3) is 0 Å². The maximum Gasteiger partial charge on any atom is 0.220 e. The second-order valence-electron chi connectivity index (χ2n) is 26.0. The van der Waals surface area contributed by atoms with Crippen molar-refractivity contribution in [3.05, 3.63) is 85.1 Å². The van der Waals surface area contributed by atoms with Gasteiger partial charge in [0.25, 0.3) is 0 Å². The number of aliphatic hydroxyl groups excluding tert-OH is 11. The first-order valence-corrected chi connectivity index (χ1v) is 36.8. The van der Waals surface area contributed by atoms with Crippen molar-refractivity contribution in [1.82, 2.24) is 5.32 Å². The van der Waals surface area contributed by atoms with E-state index in [0.717, 1.165) is 103 Å². The van der Waals surface area contributed by atoms with Crippen LogP contribution in [0.4, 0.5) is 0 Å². The van der Waals surface area contributed by atoms with Crippen LogP contribution < -0.4 is 5.32 Å². The van der Waals surface area contributed by atoms with Crippen molar-refractivity contribution in [2.24, 2.45) is 0 Å². The molecule has 0 aromatic carbocycles. The summed E-state index contributed by atoms with van der Waals surface area (Å²) in [6, 6.07) is -0.905. The Balaban J connectivity index is 1.43. The lowest BCUT2D eigenvalue weighted by Crippen LogP contribution is -2.66. The Hall–Kier alpha value is -3.03. The van der Waals surface area contributed by atoms with E-state index in [1.807, 2.05) is 0 Å². The van der Waals surface area contributed by atoms with Gasteiger partial charge in [-0.3, -0.25) is 4.79 Å². The summed E-state index contributed by atoms with van der Waals surface area (Å²) in [5.41, 5.74) is 0. The molecule has 0 bridgehead atoms. The van der Waals surface area contributed by atoms with Crippen molar-refractivity contribution in [2.45, 2.75) is 356 Å². The topological polar surface area (TPSA) is 307 Å². The number of carbonyl (C=O) groups excluding carboxylic acids is 1. The fraction of sp³-hybridized carbons (Fsp3) is 0.800. The van der Waals surface area contributed by atoms with Crippen LogP contribution in [0.3, 0.4) is 0 Å². The van der Waals surface area contributed by atoms with Gasteiger partial charge in [-0.1, -0.05) is 259 Å². The molecule has 544 valence electrons. The average molecular weight is 1330 g/mol. The zero-order chi connectivity index (χ0) is 68.2. The lowest BCUT2D eigenvalue weighted by atomic mass is 9.96. The molecule has 0 saturated carbocycles. The lowest BCUT2D eigenvalue weighted by molar-refractivity contribution is -0.379. The summed E-state index contributed by atoms with van der Waals surface area (Å²) in [5, 5.41) is 121. The molecule has 3 fully saturated rings. The monoisotopic (exact) mass is 1330 g/mol. The molecule has 1 amide bonds. The highest BCUT2D eigenvalue weighted by Gasteiger charge is 2.53. The second kappa shape index (κ2) is 55.8. The zero-order valence-electron chi connectivity index (χ0n) is 57.7. The third kappa shape index (κ3) is 36.7. The normalized spacial score (nSPS) is 27.9. The van der Waals surface area contributed by atoms with Gasteiger partial charge >= 0.3 is 0 Å². The summed E-state index contributed by atoms with van der Waals surface area (Å²) in [6.07, 6.45) is 45.0. The van der Waals surface area contributed by atoms with E-state index in [4.69, 9.17) is 28.4 Å². The quantitative estimate of drug-likeness (QED) is 0.0199. The number of unbranched alkanes of at least 4 members (excludes halogenated alkanes) is 26. The average Bonchev–Trinajstić information content (AvgIpc) is 0.787. The molecule has 94 heavy (non-hydrogen) atoms. The van der Waals surface area contributed by atoms with Crippen LogP contribution >= 0.6 is 0 Å². The molecule has 12 N–H and O–H groups in total. The zero-order valence-corrected chi connectivity index (χ0v) is 57.7. The summed E-state index contributed by atoms with van der Waals surface area (Å²) in [6.45, 7) is 1.68. The molecule has 17 atom stereocenters. The molecule has 3 rings (SSSR count). The van der Waals surface area contributed by atoms with Crippen LogP contribution in [0.2, 0.25) is 0 Å². The number of amides is 1. The fourth-order valence-corrected chi connectivity index (χ4v) is 12.1. The number of ether oxygens (including phenoxy) is 6. The Bertz CT molecular complexity index is 2030. The van der Waals surface area contributed by atoms with Gasteiger partial charge in [0.1, 0.15) is 73.2 Å². The maximum absolute atomic E-state index is 13.5. The summed E-state index contributed by atoms with van der Waals surface area (Å²) in [7, 11) is 0. The van der Waals surface area contributed by atoms with Crippen molar-refractivity contribution >= 4 is 5.91 Å². The highest BCUT2D eigenvalue weighted by atomic mass is 16.8. The Morgan fingerprint density at radius 2 is 0.734 bits per heavy atom. The molecule has 0 radical (unpaired) electrons. The molecule has 17 unspecified atom stereocenters. The van der Waals surface area contributed by atoms with Gasteiger partial charge in [0.15, 0.2) is 18.9 Å². The molecule has 0 aromatic heterocycles. The smallest absolute Gasteiger partial charge is 0.220 e. The van der Waals surface area contributed by atoms with Crippen molar-refractivity contribution in [1.29, 1.82) is 0 Å². The van der Waals surface area contributed by atoms with Gasteiger partial charge in [0.05, 0.1) is 38.6 Å². The van der Waals surface area contributed by atoms with Crippen LogP contribution in [0.15, 0.2) is 85.1 Å². The van der Waals surface area contributed by atoms with Crippen LogP contribution in [-0.4, -0.2) is 193 Å². The van der Waals surface area contributed by atoms with E-state index in [9.17, 15) is 61.0 Å². The lowest BCUT2D eigenvalue weighted by Gasteiger charge is -2.48. The predicted octanol–water partition coefficient (Wildman–Crippen LogP) is 10.7. The molecular weight excluding hydrogens is 1200 g/mol. The number of allylic oxidation sites excluding steroid dienone is 14. The number of rotatable bonds is 56. The summed E-state index contributed by atoms with van der Waals surface area (Å²) in [5.74, 6) is -0.263. The standard InChI is InChI=1S/C75H131NO18/c1-3-5-7-9-11-13-15-17-19-21-23-25-27-28-29-30-31-33-35-37-39-41-43-45-47-49-51-53-63(81)76-58(59(80)52-50-48-46-44-42-40-38-36-34-32-26-24-22-20-18-16-14-12-10-8-6-4-2)57-89-73-69(87)66(84)71(61(55-78)91-73)94-75-70(88)67(85)72(62(56-79)92-75)93-74-68(86)65(83)64(82)60(54-77)90-74/h5,7,11,13,17,19,23,25,28-29,31,33,37,39,58-62,64-75,77-80,82-88H,3-4,6,8-10,12,14-16,18,20-22,24,26-27,30,32,34-36,38,40-57H2,1-2H3,(H,76,81)/b7-5-,13-11-,19-17-,25-23-,29-28-,33-31-,39-37-. The highest BCUT2D eigenvalue weighted by Crippen LogP contribution is 2.33. The summed E-state index contributed by atoms with van der Waals surface area (Å²) in [4.78, 5) is 13.5. The first kappa shape index (κ1) is 85.2. The van der Waals surface area contributed by atoms with E-state index in [1.165, 1.54) is 116 Å². The van der Waals surface area contributed by atoms with Gasteiger partial charge in [0, 0.05) is 6.42 Å². The van der Waals surface area contributed by atoms with Crippen molar-refractivity contribution in [3.63, 3.8) is 0 Å². The first-order valence-electron chi connectivity index (χ1n) is 36.8. The molecule has 19 heteroatoms. The van der Waals surface area contributed by atoms with E-state index < -0.39 is 124 Å². The molecule has 19 nitrogen and oxygen atoms in total. The third-order valence-electron chi connectivity index (χ3n) is 18.0. The van der Waals surface area contributed by atoms with Gasteiger partial charge < -0.3 is 89.9 Å². The maximum atomic E-state index is 13.5. The van der Waals surface area contributed by atoms with E-state index in [-0.39, 0.29) is 18.9 Å². The minimum absolute atomic E-state index is 0.239. The molecule has 3 aliphatic rings. The number of carbonyl (C=O) groups is 1. The van der Waals surface area contributed by atoms with Crippen LogP contribution in [0.1, 0.15) is 251 Å². The molecule has 0 aliphatic carbocycles. The Labute approximate surface area is 565 Å². The number of aliphatic hydroxyl groups is 11. The van der Waals surface area contributed by atoms with Crippen molar-refractivity contribution in [3.8, 4) is 0 Å². The Morgan fingerprint density at radius 1 is 0.394 bits per heavy atom. The van der Waals surface area contributed by atoms with Gasteiger partial charge in [-0.25, -0.2) is 0 Å². The highest BCUT2D eigenvalue weighted by molar-refractivity contribution is 5.76. The predicted molar refractivity (Wildman–Crippen MR) is 369 cm³/mol. The molecule has 0 aromatic rings. The fourth-order valence-electron chi connectivity index (χ4n) is 12.1. The number of nitrogens with one attached hydrogen (secondary N) is 1. The van der Waals surface area contributed by atoms with Gasteiger partial charge in [-0.15, -0.1) is 0 Å². The third-order valence-corrected chi connectivity index (χ3v) is 18.0. The molecule has 3 saturated heterocycles. The molecular formula is C75H131NO18. The van der Waals surface area contributed by atoms with Crippen LogP contribution in [-0.2, 0) is 33.2 Å². The van der Waals surface area contributed by atoms with E-state index in [1.54, 1.807) is 0 Å². The van der Waals surface area contributed by atoms with Gasteiger partial charge in [-0.05, 0) is 70.6 Å². The summed E-state index contributed by atoms with van der Waals surface area (Å²) >= 11 is 0. The number of hydrogen-bond donors (Lipinski definition) is 12. The van der Waals surface area contributed by atoms with E-state index in [0.29, 0.717) is 12.8 Å². The first-order chi connectivity index (χ1) is 45.8. The van der Waals surface area contributed by atoms with Gasteiger partial charge in [0.2, 0.25) is 5.91 Å². The van der Waals surface area contributed by atoms with E-state index in [2.05, 4.69) is 104 Å². The second-order valence-corrected chi connectivity index (χ2v) is 26.0. The van der Waals surface area contributed by atoms with Crippen LogP contribution in [0.5, 0.6) is 0 Å². The molecule has 0 spiro atoms. The molecule has 3 aliphatic heterocycles. The largest absolute Gasteiger partial charge is 0.394 e. The molecule has 3 heterocycles. The number of hydrogen-bond acceptors (Lipinski definition) is 18. The SMILES string of the molecule is CC/C=C\C/C=C\C/C=C\C/C=C\C/C=C\C/C=C\C/C=C\CCCCCCCC(=O)NC(COC1OC(CO)C(OC2OC(CO)C(OC3OC(CO)C(O)C(O)C3O)C(O)C2O)C(O)C1O)C(O)CCCCCCCCCCCCCCCCCCCCCCCC. The Morgan fingerprint density at radius 3 is 1.15 bits per heavy atom. The minimum atomic E-state index is -1.98. The van der Waals surface area contributed by atoms with Crippen LogP contribution in [0, 0.1) is 0 Å². The minimum Gasteiger partial charge on any atom is -0.394 e. The Kier molecular flexibility index (Phi) is 50.6. The van der Waals surface area contributed by atoms with Crippen molar-refractivity contribution in [2.75, 3.05) is 26.4 Å².